The molecule has 0 bridgehead atoms. The Bertz CT molecular complexity index is 1220. The highest BCUT2D eigenvalue weighted by molar-refractivity contribution is 5.96. The average Bonchev–Trinajstić information content (AvgIpc) is 2.73. The van der Waals surface area contributed by atoms with Crippen molar-refractivity contribution in [3.8, 4) is 5.75 Å². The summed E-state index contributed by atoms with van der Waals surface area (Å²) in [5, 5.41) is 27.2. The lowest BCUT2D eigenvalue weighted by Crippen LogP contribution is -2.52. The second-order valence-electron chi connectivity index (χ2n) is 8.33. The third-order valence-corrected chi connectivity index (χ3v) is 5.63. The van der Waals surface area contributed by atoms with Crippen molar-refractivity contribution < 1.29 is 19.4 Å². The zero-order chi connectivity index (χ0) is 23.2. The predicted molar refractivity (Wildman–Crippen MR) is 123 cm³/mol. The van der Waals surface area contributed by atoms with E-state index < -0.39 is 11.5 Å². The van der Waals surface area contributed by atoms with Crippen LogP contribution in [0.15, 0.2) is 54.6 Å². The zero-order valence-electron chi connectivity index (χ0n) is 17.6. The lowest BCUT2D eigenvalue weighted by atomic mass is 9.93. The minimum absolute atomic E-state index is 0.183. The van der Waals surface area contributed by atoms with Gasteiger partial charge in [0, 0.05) is 41.5 Å². The molecule has 3 aromatic carbocycles. The lowest BCUT2D eigenvalue weighted by Gasteiger charge is -2.50. The molecule has 0 fully saturated rings. The number of aromatic carboxylic acids is 1. The highest BCUT2D eigenvalue weighted by Crippen LogP contribution is 2.48. The van der Waals surface area contributed by atoms with Crippen LogP contribution in [0.25, 0.3) is 0 Å². The van der Waals surface area contributed by atoms with Gasteiger partial charge >= 0.3 is 5.97 Å². The van der Waals surface area contributed by atoms with Gasteiger partial charge in [0.1, 0.15) is 17.1 Å². The monoisotopic (exact) mass is 434 g/mol. The topological polar surface area (TPSA) is 114 Å². The first-order valence-electron chi connectivity index (χ1n) is 9.96. The van der Waals surface area contributed by atoms with Gasteiger partial charge in [0.25, 0.3) is 0 Å². The number of fused-ring (bicyclic) bond motifs is 1. The van der Waals surface area contributed by atoms with Gasteiger partial charge in [-0.15, -0.1) is 0 Å². The van der Waals surface area contributed by atoms with Crippen LogP contribution in [0.5, 0.6) is 5.75 Å². The van der Waals surface area contributed by atoms with Gasteiger partial charge in [-0.25, -0.2) is 9.18 Å². The summed E-state index contributed by atoms with van der Waals surface area (Å²) in [5.41, 5.74) is 9.31. The van der Waals surface area contributed by atoms with Crippen LogP contribution < -0.4 is 15.5 Å². The molecule has 0 aliphatic carbocycles. The third-order valence-electron chi connectivity index (χ3n) is 5.63. The van der Waals surface area contributed by atoms with Crippen LogP contribution in [-0.4, -0.2) is 34.5 Å². The molecule has 5 N–H and O–H groups in total. The SMILES string of the molecule is CC1(C)CN(c2ccc(C(=O)O)c(O)c2)c2cc(N)c(C=N)cc2N1c1ccc(F)cc1. The molecule has 0 spiro atoms. The van der Waals surface area contributed by atoms with Crippen LogP contribution in [0, 0.1) is 11.2 Å². The van der Waals surface area contributed by atoms with Gasteiger partial charge in [-0.1, -0.05) is 0 Å². The molecular formula is C24H23FN4O3. The number of rotatable bonds is 4. The van der Waals surface area contributed by atoms with E-state index in [-0.39, 0.29) is 17.1 Å². The summed E-state index contributed by atoms with van der Waals surface area (Å²) in [4.78, 5) is 15.3. The molecule has 0 amide bonds. The van der Waals surface area contributed by atoms with Gasteiger partial charge in [-0.05, 0) is 62.4 Å². The Morgan fingerprint density at radius 3 is 2.34 bits per heavy atom. The minimum Gasteiger partial charge on any atom is -0.507 e. The fourth-order valence-corrected chi connectivity index (χ4v) is 4.18. The van der Waals surface area contributed by atoms with Crippen molar-refractivity contribution in [3.05, 3.63) is 71.5 Å². The molecule has 164 valence electrons. The van der Waals surface area contributed by atoms with Crippen LogP contribution in [0.1, 0.15) is 29.8 Å². The van der Waals surface area contributed by atoms with Gasteiger partial charge in [0.15, 0.2) is 0 Å². The Kier molecular flexibility index (Phi) is 5.00. The van der Waals surface area contributed by atoms with Crippen LogP contribution in [0.4, 0.5) is 32.8 Å². The summed E-state index contributed by atoms with van der Waals surface area (Å²) in [7, 11) is 0. The van der Waals surface area contributed by atoms with Crippen molar-refractivity contribution in [2.75, 3.05) is 22.1 Å². The van der Waals surface area contributed by atoms with Crippen LogP contribution in [0.3, 0.4) is 0 Å². The number of nitrogen functional groups attached to an aromatic ring is 1. The molecule has 32 heavy (non-hydrogen) atoms. The second kappa shape index (κ2) is 7.56. The zero-order valence-corrected chi connectivity index (χ0v) is 17.6. The number of nitrogens with one attached hydrogen (secondary N) is 1. The van der Waals surface area contributed by atoms with E-state index in [2.05, 4.69) is 4.90 Å². The maximum absolute atomic E-state index is 13.6. The molecule has 0 atom stereocenters. The Morgan fingerprint density at radius 2 is 1.75 bits per heavy atom. The van der Waals surface area contributed by atoms with E-state index in [0.29, 0.717) is 23.5 Å². The molecule has 0 saturated carbocycles. The van der Waals surface area contributed by atoms with E-state index in [1.165, 1.54) is 30.5 Å². The Morgan fingerprint density at radius 1 is 1.09 bits per heavy atom. The summed E-state index contributed by atoms with van der Waals surface area (Å²) in [6.45, 7) is 4.52. The molecule has 0 saturated heterocycles. The Balaban J connectivity index is 1.93. The Labute approximate surface area is 184 Å². The quantitative estimate of drug-likeness (QED) is 0.344. The number of phenols is 1. The number of aromatic hydroxyl groups is 1. The molecule has 8 heteroatoms. The van der Waals surface area contributed by atoms with E-state index in [4.69, 9.17) is 11.1 Å². The van der Waals surface area contributed by atoms with Crippen molar-refractivity contribution in [2.24, 2.45) is 0 Å². The molecule has 3 aromatic rings. The van der Waals surface area contributed by atoms with E-state index in [1.807, 2.05) is 18.7 Å². The standard InChI is InChI=1S/C24H23FN4O3/c1-24(2)13-28(17-7-8-18(23(31)32)22(30)10-17)20-11-19(27)14(12-26)9-21(20)29(24)16-5-3-15(25)4-6-16/h3-12,26,30H,13,27H2,1-2H3,(H,31,32). The molecular weight excluding hydrogens is 411 g/mol. The second-order valence-corrected chi connectivity index (χ2v) is 8.33. The average molecular weight is 434 g/mol. The summed E-state index contributed by atoms with van der Waals surface area (Å²) in [6, 6.07) is 14.2. The number of nitrogens with zero attached hydrogens (tertiary/aromatic N) is 2. The number of hydrogen-bond donors (Lipinski definition) is 4. The number of carboxylic acids is 1. The first kappa shape index (κ1) is 21.2. The molecule has 4 rings (SSSR count). The summed E-state index contributed by atoms with van der Waals surface area (Å²) < 4.78 is 13.6. The van der Waals surface area contributed by atoms with E-state index in [0.717, 1.165) is 17.1 Å². The minimum atomic E-state index is -1.21. The number of carboxylic acid groups (broad SMARTS) is 1. The van der Waals surface area contributed by atoms with E-state index >= 15 is 0 Å². The largest absolute Gasteiger partial charge is 0.507 e. The van der Waals surface area contributed by atoms with Gasteiger partial charge < -0.3 is 31.2 Å². The van der Waals surface area contributed by atoms with Gasteiger partial charge in [0.05, 0.1) is 16.9 Å². The number of anilines is 5. The summed E-state index contributed by atoms with van der Waals surface area (Å²) >= 11 is 0. The molecule has 1 aliphatic heterocycles. The van der Waals surface area contributed by atoms with Gasteiger partial charge in [-0.2, -0.15) is 0 Å². The summed E-state index contributed by atoms with van der Waals surface area (Å²) in [6.07, 6.45) is 1.18. The molecule has 0 aromatic heterocycles. The van der Waals surface area contributed by atoms with Crippen molar-refractivity contribution in [2.45, 2.75) is 19.4 Å². The number of nitrogens with two attached hydrogens (primary N) is 1. The number of benzene rings is 3. The number of halogens is 1. The molecule has 7 nitrogen and oxygen atoms in total. The maximum Gasteiger partial charge on any atom is 0.339 e. The maximum atomic E-state index is 13.6. The van der Waals surface area contributed by atoms with Crippen molar-refractivity contribution >= 4 is 40.6 Å². The first-order valence-corrected chi connectivity index (χ1v) is 9.96. The normalized spacial score (nSPS) is 14.7. The van der Waals surface area contributed by atoms with E-state index in [9.17, 15) is 19.4 Å². The number of hydrogen-bond acceptors (Lipinski definition) is 6. The molecule has 1 heterocycles. The highest BCUT2D eigenvalue weighted by Gasteiger charge is 2.39. The van der Waals surface area contributed by atoms with Crippen LogP contribution in [-0.2, 0) is 0 Å². The van der Waals surface area contributed by atoms with E-state index in [1.54, 1.807) is 30.3 Å². The van der Waals surface area contributed by atoms with Crippen LogP contribution in [0.2, 0.25) is 0 Å². The summed E-state index contributed by atoms with van der Waals surface area (Å²) in [5.74, 6) is -1.88. The van der Waals surface area contributed by atoms with Crippen molar-refractivity contribution in [1.82, 2.24) is 0 Å². The smallest absolute Gasteiger partial charge is 0.339 e. The molecule has 0 unspecified atom stereocenters. The lowest BCUT2D eigenvalue weighted by molar-refractivity contribution is 0.0693. The number of carbonyl (C=O) groups is 1. The van der Waals surface area contributed by atoms with Crippen LogP contribution >= 0.6 is 0 Å². The Hall–Kier alpha value is -4.07. The highest BCUT2D eigenvalue weighted by atomic mass is 19.1. The predicted octanol–water partition coefficient (Wildman–Crippen LogP) is 4.88. The van der Waals surface area contributed by atoms with Crippen molar-refractivity contribution in [3.63, 3.8) is 0 Å². The first-order chi connectivity index (χ1) is 15.1. The van der Waals surface area contributed by atoms with Crippen molar-refractivity contribution in [1.29, 1.82) is 5.41 Å². The van der Waals surface area contributed by atoms with Gasteiger partial charge in [-0.3, -0.25) is 0 Å². The fourth-order valence-electron chi connectivity index (χ4n) is 4.18. The fraction of sp³-hybridized carbons (Fsp3) is 0.167. The molecule has 0 radical (unpaired) electrons. The third kappa shape index (κ3) is 3.49. The molecule has 1 aliphatic rings. The van der Waals surface area contributed by atoms with Gasteiger partial charge in [0.2, 0.25) is 0 Å².